The van der Waals surface area contributed by atoms with E-state index in [1.165, 1.54) is 0 Å². The summed E-state index contributed by atoms with van der Waals surface area (Å²) >= 11 is 1.07. The van der Waals surface area contributed by atoms with Gasteiger partial charge in [-0.1, -0.05) is 11.8 Å². The van der Waals surface area contributed by atoms with E-state index in [9.17, 15) is 14.9 Å². The fourth-order valence-corrected chi connectivity index (χ4v) is 3.28. The zero-order chi connectivity index (χ0) is 20.8. The van der Waals surface area contributed by atoms with Crippen molar-refractivity contribution in [3.05, 3.63) is 64.3 Å². The molecule has 0 aliphatic rings. The van der Waals surface area contributed by atoms with Gasteiger partial charge in [0.05, 0.1) is 30.9 Å². The van der Waals surface area contributed by atoms with Crippen molar-refractivity contribution in [3.63, 3.8) is 0 Å². The molecule has 3 aromatic rings. The summed E-state index contributed by atoms with van der Waals surface area (Å²) in [5, 5.41) is 12.4. The molecule has 0 radical (unpaired) electrons. The van der Waals surface area contributed by atoms with Gasteiger partial charge < -0.3 is 19.5 Å². The molecule has 0 spiro atoms. The summed E-state index contributed by atoms with van der Waals surface area (Å²) in [5.41, 5.74) is 0.215. The minimum atomic E-state index is -0.555. The quantitative estimate of drug-likeness (QED) is 0.454. The van der Waals surface area contributed by atoms with Gasteiger partial charge in [-0.15, -0.1) is 0 Å². The summed E-state index contributed by atoms with van der Waals surface area (Å²) in [6.07, 6.45) is 1.54. The minimum absolute atomic E-state index is 0.0436. The third kappa shape index (κ3) is 4.86. The first kappa shape index (κ1) is 20.2. The molecule has 0 bridgehead atoms. The number of hydrogen-bond donors (Lipinski definition) is 2. The van der Waals surface area contributed by atoms with Crippen molar-refractivity contribution in [2.24, 2.45) is 0 Å². The second kappa shape index (κ2) is 9.12. The Kier molecular flexibility index (Phi) is 6.36. The Hall–Kier alpha value is -3.51. The Balaban J connectivity index is 1.76. The number of ether oxygens (including phenoxy) is 1. The van der Waals surface area contributed by atoms with Crippen LogP contribution in [0.3, 0.4) is 0 Å². The Morgan fingerprint density at radius 2 is 2.14 bits per heavy atom. The van der Waals surface area contributed by atoms with Gasteiger partial charge in [0.15, 0.2) is 5.16 Å². The first-order valence-corrected chi connectivity index (χ1v) is 9.64. The maximum atomic E-state index is 12.3. The number of rotatable bonds is 7. The molecule has 0 aliphatic carbocycles. The molecule has 1 aromatic carbocycles. The highest BCUT2D eigenvalue weighted by molar-refractivity contribution is 7.99. The first-order chi connectivity index (χ1) is 14.0. The van der Waals surface area contributed by atoms with Crippen molar-refractivity contribution in [2.45, 2.75) is 18.1 Å². The maximum absolute atomic E-state index is 12.3. The van der Waals surface area contributed by atoms with Crippen LogP contribution < -0.4 is 15.6 Å². The van der Waals surface area contributed by atoms with E-state index in [4.69, 9.17) is 9.15 Å². The summed E-state index contributed by atoms with van der Waals surface area (Å²) in [5.74, 6) is 1.10. The number of nitriles is 1. The smallest absolute Gasteiger partial charge is 0.270 e. The third-order valence-electron chi connectivity index (χ3n) is 4.06. The topological polar surface area (TPSA) is 121 Å². The molecule has 3 rings (SSSR count). The van der Waals surface area contributed by atoms with E-state index < -0.39 is 5.56 Å². The molecule has 2 heterocycles. The Bertz CT molecular complexity index is 1090. The van der Waals surface area contributed by atoms with Gasteiger partial charge in [0.25, 0.3) is 5.56 Å². The van der Waals surface area contributed by atoms with Crippen molar-refractivity contribution in [1.29, 1.82) is 5.26 Å². The molecule has 2 aromatic heterocycles. The third-order valence-corrected chi connectivity index (χ3v) is 4.93. The Morgan fingerprint density at radius 3 is 2.76 bits per heavy atom. The van der Waals surface area contributed by atoms with Gasteiger partial charge in [-0.2, -0.15) is 5.26 Å². The van der Waals surface area contributed by atoms with Crippen LogP contribution >= 0.6 is 11.8 Å². The van der Waals surface area contributed by atoms with Gasteiger partial charge >= 0.3 is 0 Å². The van der Waals surface area contributed by atoms with Crippen LogP contribution in [0.2, 0.25) is 0 Å². The molecule has 9 heteroatoms. The number of thioether (sulfide) groups is 1. The van der Waals surface area contributed by atoms with E-state index in [0.29, 0.717) is 17.1 Å². The van der Waals surface area contributed by atoms with Crippen LogP contribution in [0.5, 0.6) is 5.75 Å². The molecule has 1 amide bonds. The number of aromatic nitrogens is 2. The number of carbonyl (C=O) groups excluding carboxylic acids is 1. The normalized spacial score (nSPS) is 11.5. The molecule has 8 nitrogen and oxygen atoms in total. The van der Waals surface area contributed by atoms with Crippen LogP contribution in [0.15, 0.2) is 57.0 Å². The van der Waals surface area contributed by atoms with Crippen LogP contribution in [0.25, 0.3) is 11.3 Å². The number of amides is 1. The lowest BCUT2D eigenvalue weighted by Crippen LogP contribution is -2.28. The van der Waals surface area contributed by atoms with Crippen LogP contribution in [0.1, 0.15) is 24.3 Å². The van der Waals surface area contributed by atoms with Crippen molar-refractivity contribution in [3.8, 4) is 23.1 Å². The lowest BCUT2D eigenvalue weighted by atomic mass is 10.1. The molecule has 2 N–H and O–H groups in total. The van der Waals surface area contributed by atoms with Crippen molar-refractivity contribution in [2.75, 3.05) is 12.9 Å². The largest absolute Gasteiger partial charge is 0.497 e. The fourth-order valence-electron chi connectivity index (χ4n) is 2.61. The number of furan rings is 1. The van der Waals surface area contributed by atoms with Crippen LogP contribution in [-0.2, 0) is 4.79 Å². The Morgan fingerprint density at radius 1 is 1.38 bits per heavy atom. The number of aromatic amines is 1. The number of carbonyl (C=O) groups is 1. The van der Waals surface area contributed by atoms with E-state index in [0.717, 1.165) is 11.8 Å². The molecule has 1 atom stereocenters. The fraction of sp³-hybridized carbons (Fsp3) is 0.200. The SMILES string of the molecule is COc1ccc(-c2nc(SCC(=O)N[C@H](C)c3ccco3)[nH]c(=O)c2C#N)cc1. The average molecular weight is 410 g/mol. The summed E-state index contributed by atoms with van der Waals surface area (Å²) in [7, 11) is 1.55. The van der Waals surface area contributed by atoms with Gasteiger partial charge in [-0.25, -0.2) is 4.98 Å². The lowest BCUT2D eigenvalue weighted by Gasteiger charge is -2.11. The van der Waals surface area contributed by atoms with E-state index in [-0.39, 0.29) is 34.1 Å². The first-order valence-electron chi connectivity index (χ1n) is 8.66. The molecule has 0 saturated heterocycles. The van der Waals surface area contributed by atoms with Crippen LogP contribution in [0, 0.1) is 11.3 Å². The molecule has 29 heavy (non-hydrogen) atoms. The summed E-state index contributed by atoms with van der Waals surface area (Å²) < 4.78 is 10.4. The van der Waals surface area contributed by atoms with Crippen molar-refractivity contribution >= 4 is 17.7 Å². The number of hydrogen-bond acceptors (Lipinski definition) is 7. The predicted octanol–water partition coefficient (Wildman–Crippen LogP) is 2.88. The van der Waals surface area contributed by atoms with Crippen molar-refractivity contribution < 1.29 is 13.9 Å². The number of benzene rings is 1. The minimum Gasteiger partial charge on any atom is -0.497 e. The number of H-pyrrole nitrogens is 1. The second-order valence-electron chi connectivity index (χ2n) is 6.03. The van der Waals surface area contributed by atoms with E-state index in [1.807, 2.05) is 13.0 Å². The zero-order valence-corrected chi connectivity index (χ0v) is 16.6. The molecule has 0 saturated carbocycles. The highest BCUT2D eigenvalue weighted by Crippen LogP contribution is 2.24. The van der Waals surface area contributed by atoms with E-state index in [1.54, 1.807) is 49.8 Å². The van der Waals surface area contributed by atoms with E-state index in [2.05, 4.69) is 15.3 Å². The number of nitrogens with one attached hydrogen (secondary N) is 2. The molecular weight excluding hydrogens is 392 g/mol. The van der Waals surface area contributed by atoms with E-state index >= 15 is 0 Å². The van der Waals surface area contributed by atoms with Gasteiger partial charge in [0, 0.05) is 5.56 Å². The lowest BCUT2D eigenvalue weighted by molar-refractivity contribution is -0.119. The Labute approximate surface area is 170 Å². The molecule has 0 fully saturated rings. The van der Waals surface area contributed by atoms with Crippen LogP contribution in [0.4, 0.5) is 0 Å². The molecule has 0 unspecified atom stereocenters. The highest BCUT2D eigenvalue weighted by Gasteiger charge is 2.16. The van der Waals surface area contributed by atoms with Gasteiger partial charge in [0.2, 0.25) is 5.91 Å². The average Bonchev–Trinajstić information content (AvgIpc) is 3.27. The zero-order valence-electron chi connectivity index (χ0n) is 15.8. The molecule has 148 valence electrons. The van der Waals surface area contributed by atoms with Gasteiger partial charge in [0.1, 0.15) is 23.1 Å². The molecular formula is C20H18N4O4S. The summed E-state index contributed by atoms with van der Waals surface area (Å²) in [6, 6.07) is 12.0. The summed E-state index contributed by atoms with van der Waals surface area (Å²) in [6.45, 7) is 1.81. The second-order valence-corrected chi connectivity index (χ2v) is 6.99. The monoisotopic (exact) mass is 410 g/mol. The van der Waals surface area contributed by atoms with Gasteiger partial charge in [-0.3, -0.25) is 9.59 Å². The predicted molar refractivity (Wildman–Crippen MR) is 108 cm³/mol. The summed E-state index contributed by atoms with van der Waals surface area (Å²) in [4.78, 5) is 31.4. The van der Waals surface area contributed by atoms with Crippen molar-refractivity contribution in [1.82, 2.24) is 15.3 Å². The number of nitrogens with zero attached hydrogens (tertiary/aromatic N) is 2. The van der Waals surface area contributed by atoms with Crippen LogP contribution in [-0.4, -0.2) is 28.7 Å². The number of methoxy groups -OCH3 is 1. The molecule has 0 aliphatic heterocycles. The van der Waals surface area contributed by atoms with Gasteiger partial charge in [-0.05, 0) is 43.3 Å². The standard InChI is InChI=1S/C20H18N4O4S/c1-12(16-4-3-9-28-16)22-17(25)11-29-20-23-18(15(10-21)19(26)24-20)13-5-7-14(27-2)8-6-13/h3-9,12H,11H2,1-2H3,(H,22,25)(H,23,24,26)/t12-/m1/s1. The maximum Gasteiger partial charge on any atom is 0.270 e. The highest BCUT2D eigenvalue weighted by atomic mass is 32.2.